The summed E-state index contributed by atoms with van der Waals surface area (Å²) < 4.78 is 18.4. The third kappa shape index (κ3) is 3.84. The van der Waals surface area contributed by atoms with Gasteiger partial charge >= 0.3 is 11.9 Å². The molecule has 0 unspecified atom stereocenters. The molecule has 164 valence electrons. The lowest BCUT2D eigenvalue weighted by Crippen LogP contribution is -2.49. The number of nitrogens with one attached hydrogen (secondary N) is 1. The van der Waals surface area contributed by atoms with Crippen molar-refractivity contribution in [2.24, 2.45) is 23.7 Å². The Morgan fingerprint density at radius 2 is 1.65 bits per heavy atom. The highest BCUT2D eigenvalue weighted by molar-refractivity contribution is 7.17. The Morgan fingerprint density at radius 1 is 1.06 bits per heavy atom. The van der Waals surface area contributed by atoms with E-state index in [4.69, 9.17) is 4.74 Å². The second-order valence-corrected chi connectivity index (χ2v) is 9.51. The molecular formula is C23H24FNO5S. The molecule has 1 amide bonds. The Balaban J connectivity index is 1.70. The highest BCUT2D eigenvalue weighted by atomic mass is 32.1. The van der Waals surface area contributed by atoms with E-state index in [9.17, 15) is 23.9 Å². The molecule has 3 aliphatic carbocycles. The number of esters is 1. The summed E-state index contributed by atoms with van der Waals surface area (Å²) in [5.41, 5.74) is 1.42. The van der Waals surface area contributed by atoms with Gasteiger partial charge in [-0.1, -0.05) is 12.1 Å². The topological polar surface area (TPSA) is 92.7 Å². The number of carboxylic acids is 1. The molecule has 3 saturated carbocycles. The number of methoxy groups -OCH3 is 1. The number of rotatable bonds is 5. The molecule has 3 fully saturated rings. The van der Waals surface area contributed by atoms with Gasteiger partial charge in [-0.15, -0.1) is 11.3 Å². The number of thiophene rings is 1. The van der Waals surface area contributed by atoms with Crippen LogP contribution in [0.2, 0.25) is 0 Å². The summed E-state index contributed by atoms with van der Waals surface area (Å²) >= 11 is 1.23. The maximum Gasteiger partial charge on any atom is 0.341 e. The van der Waals surface area contributed by atoms with Gasteiger partial charge in [-0.05, 0) is 62.1 Å². The van der Waals surface area contributed by atoms with Crippen LogP contribution in [-0.2, 0) is 14.3 Å². The van der Waals surface area contributed by atoms with E-state index < -0.39 is 29.6 Å². The van der Waals surface area contributed by atoms with Crippen molar-refractivity contribution in [1.29, 1.82) is 0 Å². The zero-order valence-electron chi connectivity index (χ0n) is 17.3. The SMILES string of the molecule is COC(=O)c1c(NC(=O)[C@H]2C3CCC(CC3)[C@@H]2C(=O)O)sc(C)c1-c1ccc(F)cc1. The number of ether oxygens (including phenoxy) is 1. The fourth-order valence-electron chi connectivity index (χ4n) is 5.27. The molecule has 0 spiro atoms. The molecule has 31 heavy (non-hydrogen) atoms. The van der Waals surface area contributed by atoms with Crippen molar-refractivity contribution in [2.45, 2.75) is 32.6 Å². The molecule has 3 aliphatic rings. The van der Waals surface area contributed by atoms with Gasteiger partial charge in [0.05, 0.1) is 18.9 Å². The van der Waals surface area contributed by atoms with E-state index in [1.807, 2.05) is 6.92 Å². The molecule has 0 saturated heterocycles. The maximum atomic E-state index is 13.4. The molecule has 0 aliphatic heterocycles. The smallest absolute Gasteiger partial charge is 0.341 e. The lowest BCUT2D eigenvalue weighted by atomic mass is 9.58. The number of carbonyl (C=O) groups is 3. The van der Waals surface area contributed by atoms with E-state index in [0.717, 1.165) is 30.6 Å². The minimum atomic E-state index is -0.933. The quantitative estimate of drug-likeness (QED) is 0.650. The number of hydrogen-bond acceptors (Lipinski definition) is 5. The molecule has 1 heterocycles. The first-order valence-electron chi connectivity index (χ1n) is 10.3. The first kappa shape index (κ1) is 21.5. The van der Waals surface area contributed by atoms with E-state index in [1.165, 1.54) is 30.6 Å². The van der Waals surface area contributed by atoms with Gasteiger partial charge in [-0.3, -0.25) is 9.59 Å². The Kier molecular flexibility index (Phi) is 5.83. The van der Waals surface area contributed by atoms with Crippen molar-refractivity contribution < 1.29 is 28.6 Å². The van der Waals surface area contributed by atoms with Gasteiger partial charge in [0.15, 0.2) is 0 Å². The summed E-state index contributed by atoms with van der Waals surface area (Å²) in [6, 6.07) is 5.76. The number of hydrogen-bond donors (Lipinski definition) is 2. The van der Waals surface area contributed by atoms with Crippen LogP contribution in [0.5, 0.6) is 0 Å². The Bertz CT molecular complexity index is 1020. The van der Waals surface area contributed by atoms with Crippen molar-refractivity contribution in [3.8, 4) is 11.1 Å². The number of halogens is 1. The molecular weight excluding hydrogens is 421 g/mol. The van der Waals surface area contributed by atoms with E-state index in [-0.39, 0.29) is 23.3 Å². The number of aliphatic carboxylic acids is 1. The number of aryl methyl sites for hydroxylation is 1. The van der Waals surface area contributed by atoms with Crippen LogP contribution in [0.4, 0.5) is 9.39 Å². The Hall–Kier alpha value is -2.74. The largest absolute Gasteiger partial charge is 0.481 e. The Morgan fingerprint density at radius 3 is 2.19 bits per heavy atom. The molecule has 1 aromatic carbocycles. The number of fused-ring (bicyclic) bond motifs is 3. The first-order chi connectivity index (χ1) is 14.8. The van der Waals surface area contributed by atoms with Crippen molar-refractivity contribution >= 4 is 34.2 Å². The second-order valence-electron chi connectivity index (χ2n) is 8.29. The van der Waals surface area contributed by atoms with Gasteiger partial charge in [0.1, 0.15) is 16.4 Å². The number of carboxylic acid groups (broad SMARTS) is 1. The predicted octanol–water partition coefficient (Wildman–Crippen LogP) is 4.72. The van der Waals surface area contributed by atoms with Gasteiger partial charge in [-0.25, -0.2) is 9.18 Å². The zero-order chi connectivity index (χ0) is 22.3. The Labute approximate surface area is 183 Å². The molecule has 6 nitrogen and oxygen atoms in total. The van der Waals surface area contributed by atoms with Crippen LogP contribution in [0.25, 0.3) is 11.1 Å². The molecule has 1 aromatic heterocycles. The third-order valence-electron chi connectivity index (χ3n) is 6.65. The average Bonchev–Trinajstić information content (AvgIpc) is 3.09. The van der Waals surface area contributed by atoms with Crippen molar-refractivity contribution in [3.05, 3.63) is 40.5 Å². The number of carbonyl (C=O) groups excluding carboxylic acids is 2. The number of amides is 1. The molecule has 2 N–H and O–H groups in total. The van der Waals surface area contributed by atoms with Gasteiger partial charge < -0.3 is 15.2 Å². The fourth-order valence-corrected chi connectivity index (χ4v) is 6.34. The lowest BCUT2D eigenvalue weighted by Gasteiger charge is -2.45. The standard InChI is InChI=1S/C23H24FNO5S/c1-11-16(12-7-9-15(24)10-8-12)19(23(29)30-2)21(31-11)25-20(26)17-13-3-5-14(6-4-13)18(17)22(27)28/h7-10,13-14,17-18H,3-6H2,1-2H3,(H,25,26)(H,27,28)/t13?,14?,17-,18-/m0/s1. The number of anilines is 1. The van der Waals surface area contributed by atoms with Crippen molar-refractivity contribution in [3.63, 3.8) is 0 Å². The van der Waals surface area contributed by atoms with Gasteiger partial charge in [0.25, 0.3) is 0 Å². The summed E-state index contributed by atoms with van der Waals surface area (Å²) in [6.45, 7) is 1.81. The van der Waals surface area contributed by atoms with Gasteiger partial charge in [-0.2, -0.15) is 0 Å². The van der Waals surface area contributed by atoms with E-state index >= 15 is 0 Å². The van der Waals surface area contributed by atoms with Crippen LogP contribution < -0.4 is 5.32 Å². The highest BCUT2D eigenvalue weighted by Gasteiger charge is 2.50. The third-order valence-corrected chi connectivity index (χ3v) is 7.67. The van der Waals surface area contributed by atoms with Crippen LogP contribution in [0, 0.1) is 36.4 Å². The van der Waals surface area contributed by atoms with Crippen LogP contribution in [0.15, 0.2) is 24.3 Å². The number of benzene rings is 1. The fraction of sp³-hybridized carbons (Fsp3) is 0.435. The normalized spacial score (nSPS) is 24.6. The van der Waals surface area contributed by atoms with E-state index in [2.05, 4.69) is 5.32 Å². The summed E-state index contributed by atoms with van der Waals surface area (Å²) in [6.07, 6.45) is 3.37. The summed E-state index contributed by atoms with van der Waals surface area (Å²) in [7, 11) is 1.26. The summed E-state index contributed by atoms with van der Waals surface area (Å²) in [5.74, 6) is -3.57. The molecule has 5 rings (SSSR count). The first-order valence-corrected chi connectivity index (χ1v) is 11.1. The van der Waals surface area contributed by atoms with Crippen LogP contribution in [-0.4, -0.2) is 30.1 Å². The lowest BCUT2D eigenvalue weighted by molar-refractivity contribution is -0.156. The van der Waals surface area contributed by atoms with Crippen molar-refractivity contribution in [2.75, 3.05) is 12.4 Å². The monoisotopic (exact) mass is 445 g/mol. The van der Waals surface area contributed by atoms with E-state index in [0.29, 0.717) is 16.1 Å². The molecule has 0 radical (unpaired) electrons. The average molecular weight is 446 g/mol. The van der Waals surface area contributed by atoms with E-state index in [1.54, 1.807) is 12.1 Å². The summed E-state index contributed by atoms with van der Waals surface area (Å²) in [4.78, 5) is 38.6. The minimum absolute atomic E-state index is 0.0122. The second kappa shape index (κ2) is 8.42. The molecule has 2 aromatic rings. The maximum absolute atomic E-state index is 13.4. The predicted molar refractivity (Wildman–Crippen MR) is 114 cm³/mol. The molecule has 2 bridgehead atoms. The molecule has 8 heteroatoms. The minimum Gasteiger partial charge on any atom is -0.481 e. The van der Waals surface area contributed by atoms with Gasteiger partial charge in [0.2, 0.25) is 5.91 Å². The zero-order valence-corrected chi connectivity index (χ0v) is 18.1. The summed E-state index contributed by atoms with van der Waals surface area (Å²) in [5, 5.41) is 12.9. The van der Waals surface area contributed by atoms with Gasteiger partial charge in [0, 0.05) is 10.4 Å². The molecule has 2 atom stereocenters. The van der Waals surface area contributed by atoms with Crippen LogP contribution >= 0.6 is 11.3 Å². The highest BCUT2D eigenvalue weighted by Crippen LogP contribution is 2.50. The van der Waals surface area contributed by atoms with Crippen LogP contribution in [0.3, 0.4) is 0 Å². The van der Waals surface area contributed by atoms with Crippen molar-refractivity contribution in [1.82, 2.24) is 0 Å². The van der Waals surface area contributed by atoms with Crippen LogP contribution in [0.1, 0.15) is 40.9 Å².